The molecular weight excluding hydrogens is 635 g/mol. The van der Waals surface area contributed by atoms with Crippen LogP contribution in [0.15, 0.2) is 200 Å². The smallest absolute Gasteiger partial charge is 0.0713 e. The van der Waals surface area contributed by atoms with Crippen LogP contribution in [0.4, 0.5) is 17.1 Å². The monoisotopic (exact) mass is 667 g/mol. The molecule has 51 heavy (non-hydrogen) atoms. The first-order chi connectivity index (χ1) is 25.3. The Kier molecular flexibility index (Phi) is 6.97. The molecule has 0 fully saturated rings. The van der Waals surface area contributed by atoms with Crippen LogP contribution < -0.4 is 4.90 Å². The van der Waals surface area contributed by atoms with E-state index < -0.39 is 5.41 Å². The van der Waals surface area contributed by atoms with Crippen molar-refractivity contribution in [2.75, 3.05) is 4.90 Å². The molecule has 0 radical (unpaired) electrons. The summed E-state index contributed by atoms with van der Waals surface area (Å²) in [6, 6.07) is 73.4. The maximum Gasteiger partial charge on any atom is 0.0713 e. The fourth-order valence-corrected chi connectivity index (χ4v) is 9.59. The summed E-state index contributed by atoms with van der Waals surface area (Å²) < 4.78 is 2.61. The molecule has 0 aliphatic heterocycles. The number of rotatable bonds is 6. The van der Waals surface area contributed by atoms with Gasteiger partial charge in [-0.25, -0.2) is 0 Å². The lowest BCUT2D eigenvalue weighted by Gasteiger charge is -2.34. The average Bonchev–Trinajstić information content (AvgIpc) is 3.73. The van der Waals surface area contributed by atoms with Crippen LogP contribution in [0.1, 0.15) is 22.3 Å². The third-order valence-electron chi connectivity index (χ3n) is 10.5. The molecule has 0 bridgehead atoms. The molecule has 0 N–H and O–H groups in total. The van der Waals surface area contributed by atoms with E-state index in [9.17, 15) is 0 Å². The van der Waals surface area contributed by atoms with E-state index in [0.29, 0.717) is 0 Å². The van der Waals surface area contributed by atoms with Crippen LogP contribution in [-0.4, -0.2) is 0 Å². The van der Waals surface area contributed by atoms with Crippen LogP contribution in [0.5, 0.6) is 0 Å². The van der Waals surface area contributed by atoms with Gasteiger partial charge in [-0.1, -0.05) is 152 Å². The van der Waals surface area contributed by atoms with E-state index in [1.54, 1.807) is 0 Å². The van der Waals surface area contributed by atoms with Gasteiger partial charge < -0.3 is 4.90 Å². The molecule has 0 atom stereocenters. The van der Waals surface area contributed by atoms with Crippen LogP contribution in [0, 0.1) is 0 Å². The topological polar surface area (TPSA) is 3.24 Å². The molecule has 1 heterocycles. The van der Waals surface area contributed by atoms with Gasteiger partial charge in [0.2, 0.25) is 0 Å². The van der Waals surface area contributed by atoms with Crippen LogP contribution in [-0.2, 0) is 5.41 Å². The van der Waals surface area contributed by atoms with E-state index >= 15 is 0 Å². The van der Waals surface area contributed by atoms with Crippen molar-refractivity contribution in [2.45, 2.75) is 5.41 Å². The highest BCUT2D eigenvalue weighted by atomic mass is 32.1. The highest BCUT2D eigenvalue weighted by molar-refractivity contribution is 7.26. The minimum Gasteiger partial charge on any atom is -0.310 e. The van der Waals surface area contributed by atoms with Crippen LogP contribution in [0.25, 0.3) is 42.4 Å². The predicted octanol–water partition coefficient (Wildman–Crippen LogP) is 13.6. The maximum atomic E-state index is 2.49. The van der Waals surface area contributed by atoms with Gasteiger partial charge in [0.05, 0.1) is 5.41 Å². The first-order valence-corrected chi connectivity index (χ1v) is 18.3. The summed E-state index contributed by atoms with van der Waals surface area (Å²) in [5.41, 5.74) is 13.2. The summed E-state index contributed by atoms with van der Waals surface area (Å²) in [4.78, 5) is 2.39. The maximum absolute atomic E-state index is 2.49. The summed E-state index contributed by atoms with van der Waals surface area (Å²) >= 11 is 1.89. The van der Waals surface area contributed by atoms with Gasteiger partial charge in [-0.3, -0.25) is 0 Å². The third kappa shape index (κ3) is 4.61. The quantitative estimate of drug-likeness (QED) is 0.171. The molecule has 1 nitrogen and oxygen atoms in total. The molecule has 0 saturated heterocycles. The Hall–Kier alpha value is -6.22. The molecule has 240 valence electrons. The van der Waals surface area contributed by atoms with Crippen molar-refractivity contribution in [3.63, 3.8) is 0 Å². The van der Waals surface area contributed by atoms with Crippen molar-refractivity contribution in [3.05, 3.63) is 222 Å². The number of anilines is 3. The van der Waals surface area contributed by atoms with Gasteiger partial charge in [0.25, 0.3) is 0 Å². The van der Waals surface area contributed by atoms with Gasteiger partial charge in [0, 0.05) is 42.8 Å². The lowest BCUT2D eigenvalue weighted by Crippen LogP contribution is -2.28. The Morgan fingerprint density at radius 1 is 0.373 bits per heavy atom. The van der Waals surface area contributed by atoms with E-state index in [-0.39, 0.29) is 0 Å². The summed E-state index contributed by atoms with van der Waals surface area (Å²) in [6.07, 6.45) is 0. The lowest BCUT2D eigenvalue weighted by atomic mass is 9.67. The summed E-state index contributed by atoms with van der Waals surface area (Å²) in [5, 5.41) is 2.57. The minimum atomic E-state index is -0.457. The van der Waals surface area contributed by atoms with Crippen LogP contribution in [0.2, 0.25) is 0 Å². The van der Waals surface area contributed by atoms with Crippen molar-refractivity contribution in [1.82, 2.24) is 0 Å². The standard InChI is InChI=1S/C49H33NS/c1-5-17-35(18-6-1)49(36-19-7-2-8-20-36)45-27-15-13-25-40(45)41-30-29-34(31-46(41)49)43-32-39(33-44-42-26-14-16-28-47(42)51-48(43)44)50(37-21-9-3-10-22-37)38-23-11-4-12-24-38/h1-33H. The number of benzene rings is 8. The zero-order valence-electron chi connectivity index (χ0n) is 27.9. The van der Waals surface area contributed by atoms with Crippen molar-refractivity contribution < 1.29 is 0 Å². The molecule has 0 saturated carbocycles. The first kappa shape index (κ1) is 29.7. The van der Waals surface area contributed by atoms with Gasteiger partial charge in [0.1, 0.15) is 0 Å². The molecule has 1 aliphatic rings. The van der Waals surface area contributed by atoms with Gasteiger partial charge in [-0.05, 0) is 87.5 Å². The van der Waals surface area contributed by atoms with Gasteiger partial charge in [-0.2, -0.15) is 0 Å². The van der Waals surface area contributed by atoms with Gasteiger partial charge >= 0.3 is 0 Å². The fraction of sp³-hybridized carbons (Fsp3) is 0.0204. The van der Waals surface area contributed by atoms with Crippen LogP contribution in [0.3, 0.4) is 0 Å². The Labute approximate surface area is 302 Å². The first-order valence-electron chi connectivity index (χ1n) is 17.5. The fourth-order valence-electron chi connectivity index (χ4n) is 8.37. The van der Waals surface area contributed by atoms with E-state index in [0.717, 1.165) is 17.1 Å². The Morgan fingerprint density at radius 2 is 0.922 bits per heavy atom. The van der Waals surface area contributed by atoms with E-state index in [4.69, 9.17) is 0 Å². The molecular formula is C49H33NS. The van der Waals surface area contributed by atoms with Crippen molar-refractivity contribution in [3.8, 4) is 22.3 Å². The Morgan fingerprint density at radius 3 is 1.59 bits per heavy atom. The number of fused-ring (bicyclic) bond motifs is 6. The van der Waals surface area contributed by atoms with E-state index in [1.165, 1.54) is 64.7 Å². The molecule has 2 heteroatoms. The summed E-state index contributed by atoms with van der Waals surface area (Å²) in [5.74, 6) is 0. The molecule has 10 rings (SSSR count). The second kappa shape index (κ2) is 12.0. The molecule has 0 spiro atoms. The van der Waals surface area contributed by atoms with E-state index in [2.05, 4.69) is 205 Å². The van der Waals surface area contributed by atoms with Crippen molar-refractivity contribution >= 4 is 48.6 Å². The van der Waals surface area contributed by atoms with Crippen LogP contribution >= 0.6 is 11.3 Å². The molecule has 1 aromatic heterocycles. The number of para-hydroxylation sites is 2. The SMILES string of the molecule is c1ccc(N(c2ccccc2)c2cc(-c3ccc4c(c3)C(c3ccccc3)(c3ccccc3)c3ccccc3-4)c3sc4ccccc4c3c2)cc1. The second-order valence-electron chi connectivity index (χ2n) is 13.3. The third-order valence-corrected chi connectivity index (χ3v) is 11.7. The highest BCUT2D eigenvalue weighted by Crippen LogP contribution is 2.57. The number of thiophene rings is 1. The number of hydrogen-bond donors (Lipinski definition) is 0. The zero-order chi connectivity index (χ0) is 33.8. The number of hydrogen-bond acceptors (Lipinski definition) is 2. The highest BCUT2D eigenvalue weighted by Gasteiger charge is 2.46. The lowest BCUT2D eigenvalue weighted by molar-refractivity contribution is 0.769. The van der Waals surface area contributed by atoms with Gasteiger partial charge in [0.15, 0.2) is 0 Å². The Balaban J connectivity index is 1.28. The van der Waals surface area contributed by atoms with E-state index in [1.807, 2.05) is 11.3 Å². The summed E-state index contributed by atoms with van der Waals surface area (Å²) in [6.45, 7) is 0. The molecule has 8 aromatic carbocycles. The van der Waals surface area contributed by atoms with Crippen molar-refractivity contribution in [2.24, 2.45) is 0 Å². The van der Waals surface area contributed by atoms with Gasteiger partial charge in [-0.15, -0.1) is 11.3 Å². The molecule has 1 aliphatic carbocycles. The minimum absolute atomic E-state index is 0.457. The predicted molar refractivity (Wildman–Crippen MR) is 217 cm³/mol. The average molecular weight is 668 g/mol. The molecule has 0 unspecified atom stereocenters. The van der Waals surface area contributed by atoms with Crippen molar-refractivity contribution in [1.29, 1.82) is 0 Å². The zero-order valence-corrected chi connectivity index (χ0v) is 28.7. The second-order valence-corrected chi connectivity index (χ2v) is 14.3. The normalized spacial score (nSPS) is 12.9. The summed E-state index contributed by atoms with van der Waals surface area (Å²) in [7, 11) is 0. The molecule has 0 amide bonds. The number of nitrogens with zero attached hydrogens (tertiary/aromatic N) is 1. The molecule has 9 aromatic rings. The Bertz CT molecular complexity index is 2600. The largest absolute Gasteiger partial charge is 0.310 e.